The highest BCUT2D eigenvalue weighted by molar-refractivity contribution is 5.50. The third-order valence-electron chi connectivity index (χ3n) is 3.39. The molecule has 1 N–H and O–H groups in total. The molecule has 1 aromatic carbocycles. The van der Waals surface area contributed by atoms with Crippen molar-refractivity contribution in [3.05, 3.63) is 42.7 Å². The standard InChI is InChI=1S/C13H13N7/c1-2-4-10(5-3-1)20-15-8-12(17-20)13-9-19(18-16-13)11-6-14-7-11/h1-5,8-9,11,14H,6-7H2. The normalized spacial score (nSPS) is 15.2. The van der Waals surface area contributed by atoms with Crippen molar-refractivity contribution in [2.24, 2.45) is 0 Å². The summed E-state index contributed by atoms with van der Waals surface area (Å²) in [5.41, 5.74) is 2.40. The first-order chi connectivity index (χ1) is 9.90. The van der Waals surface area contributed by atoms with E-state index >= 15 is 0 Å². The van der Waals surface area contributed by atoms with E-state index in [0.29, 0.717) is 6.04 Å². The van der Waals surface area contributed by atoms with Crippen LogP contribution < -0.4 is 5.32 Å². The van der Waals surface area contributed by atoms with Crippen LogP contribution in [0.1, 0.15) is 6.04 Å². The molecule has 3 aromatic rings. The Balaban J connectivity index is 1.63. The highest BCUT2D eigenvalue weighted by Gasteiger charge is 2.20. The second-order valence-corrected chi connectivity index (χ2v) is 4.75. The van der Waals surface area contributed by atoms with Crippen molar-refractivity contribution in [3.8, 4) is 17.1 Å². The van der Waals surface area contributed by atoms with Gasteiger partial charge in [-0.15, -0.1) is 10.2 Å². The van der Waals surface area contributed by atoms with Crippen molar-refractivity contribution in [1.29, 1.82) is 0 Å². The molecule has 2 aromatic heterocycles. The molecule has 0 aliphatic carbocycles. The van der Waals surface area contributed by atoms with E-state index in [1.165, 1.54) is 0 Å². The van der Waals surface area contributed by atoms with Crippen molar-refractivity contribution in [1.82, 2.24) is 35.3 Å². The Hall–Kier alpha value is -2.54. The van der Waals surface area contributed by atoms with Crippen LogP contribution in [0, 0.1) is 0 Å². The minimum Gasteiger partial charge on any atom is -0.312 e. The summed E-state index contributed by atoms with van der Waals surface area (Å²) in [6.07, 6.45) is 3.63. The van der Waals surface area contributed by atoms with E-state index in [0.717, 1.165) is 30.2 Å². The SMILES string of the molecule is c1ccc(-n2ncc(-c3cn(C4CNC4)nn3)n2)cc1. The van der Waals surface area contributed by atoms with Crippen LogP contribution in [-0.4, -0.2) is 43.1 Å². The number of para-hydroxylation sites is 1. The average molecular weight is 267 g/mol. The lowest BCUT2D eigenvalue weighted by Crippen LogP contribution is -2.43. The molecule has 0 atom stereocenters. The Bertz CT molecular complexity index is 711. The fourth-order valence-corrected chi connectivity index (χ4v) is 2.10. The minimum atomic E-state index is 0.403. The summed E-state index contributed by atoms with van der Waals surface area (Å²) in [5.74, 6) is 0. The first-order valence-electron chi connectivity index (χ1n) is 6.51. The first kappa shape index (κ1) is 11.3. The van der Waals surface area contributed by atoms with Crippen LogP contribution in [0.25, 0.3) is 17.1 Å². The molecule has 1 saturated heterocycles. The number of hydrogen-bond acceptors (Lipinski definition) is 5. The molecular weight excluding hydrogens is 254 g/mol. The number of nitrogens with one attached hydrogen (secondary N) is 1. The molecule has 0 amide bonds. The summed E-state index contributed by atoms with van der Waals surface area (Å²) in [7, 11) is 0. The number of rotatable bonds is 3. The molecule has 0 radical (unpaired) electrons. The molecule has 3 heterocycles. The summed E-state index contributed by atoms with van der Waals surface area (Å²) in [6.45, 7) is 1.89. The maximum atomic E-state index is 4.44. The second kappa shape index (κ2) is 4.53. The van der Waals surface area contributed by atoms with Gasteiger partial charge in [0.2, 0.25) is 0 Å². The van der Waals surface area contributed by atoms with Gasteiger partial charge in [-0.3, -0.25) is 0 Å². The molecule has 20 heavy (non-hydrogen) atoms. The molecule has 1 aliphatic rings. The molecule has 7 heteroatoms. The van der Waals surface area contributed by atoms with Gasteiger partial charge in [0.25, 0.3) is 0 Å². The molecular formula is C13H13N7. The van der Waals surface area contributed by atoms with Gasteiger partial charge in [0.1, 0.15) is 11.4 Å². The van der Waals surface area contributed by atoms with Gasteiger partial charge < -0.3 is 5.32 Å². The van der Waals surface area contributed by atoms with E-state index < -0.39 is 0 Å². The zero-order valence-electron chi connectivity index (χ0n) is 10.7. The lowest BCUT2D eigenvalue weighted by Gasteiger charge is -2.26. The first-order valence-corrected chi connectivity index (χ1v) is 6.51. The summed E-state index contributed by atoms with van der Waals surface area (Å²) in [5, 5.41) is 20.2. The minimum absolute atomic E-state index is 0.403. The topological polar surface area (TPSA) is 73.5 Å². The molecule has 4 rings (SSSR count). The molecule has 0 spiro atoms. The number of aromatic nitrogens is 6. The van der Waals surface area contributed by atoms with Crippen molar-refractivity contribution < 1.29 is 0 Å². The van der Waals surface area contributed by atoms with Crippen LogP contribution in [0.3, 0.4) is 0 Å². The summed E-state index contributed by atoms with van der Waals surface area (Å²) in [6, 6.07) is 10.2. The Morgan fingerprint density at radius 3 is 2.70 bits per heavy atom. The van der Waals surface area contributed by atoms with Crippen LogP contribution in [0.15, 0.2) is 42.7 Å². The summed E-state index contributed by atoms with van der Waals surface area (Å²) in [4.78, 5) is 1.60. The van der Waals surface area contributed by atoms with E-state index in [4.69, 9.17) is 0 Å². The average Bonchev–Trinajstić information content (AvgIpc) is 3.06. The molecule has 1 fully saturated rings. The van der Waals surface area contributed by atoms with Crippen molar-refractivity contribution in [2.45, 2.75) is 6.04 Å². The van der Waals surface area contributed by atoms with E-state index in [1.54, 1.807) is 11.0 Å². The van der Waals surface area contributed by atoms with E-state index in [1.807, 2.05) is 41.2 Å². The predicted molar refractivity (Wildman–Crippen MR) is 72.3 cm³/mol. The Kier molecular flexibility index (Phi) is 2.56. The fourth-order valence-electron chi connectivity index (χ4n) is 2.10. The van der Waals surface area contributed by atoms with Gasteiger partial charge in [0.15, 0.2) is 0 Å². The van der Waals surface area contributed by atoms with Gasteiger partial charge in [-0.05, 0) is 12.1 Å². The van der Waals surface area contributed by atoms with Gasteiger partial charge >= 0.3 is 0 Å². The highest BCUT2D eigenvalue weighted by atomic mass is 15.5. The highest BCUT2D eigenvalue weighted by Crippen LogP contribution is 2.17. The van der Waals surface area contributed by atoms with E-state index in [2.05, 4.69) is 25.8 Å². The van der Waals surface area contributed by atoms with Crippen molar-refractivity contribution in [2.75, 3.05) is 13.1 Å². The Labute approximate surface area is 115 Å². The number of benzene rings is 1. The van der Waals surface area contributed by atoms with Gasteiger partial charge in [-0.25, -0.2) is 4.68 Å². The van der Waals surface area contributed by atoms with Gasteiger partial charge in [-0.1, -0.05) is 23.4 Å². The second-order valence-electron chi connectivity index (χ2n) is 4.75. The maximum absolute atomic E-state index is 4.44. The summed E-state index contributed by atoms with van der Waals surface area (Å²) >= 11 is 0. The number of nitrogens with zero attached hydrogens (tertiary/aromatic N) is 6. The molecule has 0 saturated carbocycles. The molecule has 7 nitrogen and oxygen atoms in total. The van der Waals surface area contributed by atoms with Crippen LogP contribution in [0.4, 0.5) is 0 Å². The van der Waals surface area contributed by atoms with Crippen LogP contribution in [0.2, 0.25) is 0 Å². The van der Waals surface area contributed by atoms with Crippen molar-refractivity contribution in [3.63, 3.8) is 0 Å². The lowest BCUT2D eigenvalue weighted by molar-refractivity contribution is 0.313. The quantitative estimate of drug-likeness (QED) is 0.755. The molecule has 1 aliphatic heterocycles. The molecule has 100 valence electrons. The van der Waals surface area contributed by atoms with Crippen LogP contribution in [-0.2, 0) is 0 Å². The van der Waals surface area contributed by atoms with Gasteiger partial charge in [0, 0.05) is 13.1 Å². The smallest absolute Gasteiger partial charge is 0.135 e. The lowest BCUT2D eigenvalue weighted by atomic mass is 10.2. The largest absolute Gasteiger partial charge is 0.312 e. The van der Waals surface area contributed by atoms with Crippen LogP contribution in [0.5, 0.6) is 0 Å². The van der Waals surface area contributed by atoms with Gasteiger partial charge in [-0.2, -0.15) is 9.90 Å². The van der Waals surface area contributed by atoms with Crippen molar-refractivity contribution >= 4 is 0 Å². The molecule has 0 bridgehead atoms. The summed E-state index contributed by atoms with van der Waals surface area (Å²) < 4.78 is 1.88. The zero-order chi connectivity index (χ0) is 13.4. The van der Waals surface area contributed by atoms with E-state index in [-0.39, 0.29) is 0 Å². The van der Waals surface area contributed by atoms with Gasteiger partial charge in [0.05, 0.1) is 24.1 Å². The van der Waals surface area contributed by atoms with Crippen LogP contribution >= 0.6 is 0 Å². The monoisotopic (exact) mass is 267 g/mol. The Morgan fingerprint density at radius 1 is 1.10 bits per heavy atom. The third kappa shape index (κ3) is 1.88. The Morgan fingerprint density at radius 2 is 1.95 bits per heavy atom. The van der Waals surface area contributed by atoms with E-state index in [9.17, 15) is 0 Å². The molecule has 0 unspecified atom stereocenters. The third-order valence-corrected chi connectivity index (χ3v) is 3.39. The zero-order valence-corrected chi connectivity index (χ0v) is 10.7. The fraction of sp³-hybridized carbons (Fsp3) is 0.231. The maximum Gasteiger partial charge on any atom is 0.135 e. The predicted octanol–water partition coefficient (Wildman–Crippen LogP) is 0.670. The number of hydrogen-bond donors (Lipinski definition) is 1.